The summed E-state index contributed by atoms with van der Waals surface area (Å²) in [5.74, 6) is -0.374. The van der Waals surface area contributed by atoms with Crippen LogP contribution in [0.2, 0.25) is 0 Å². The van der Waals surface area contributed by atoms with Gasteiger partial charge in [-0.15, -0.1) is 0 Å². The van der Waals surface area contributed by atoms with Crippen molar-refractivity contribution in [2.45, 2.75) is 44.6 Å². The third-order valence-electron chi connectivity index (χ3n) is 6.07. The maximum atomic E-state index is 13.7. The van der Waals surface area contributed by atoms with Crippen molar-refractivity contribution >= 4 is 0 Å². The molecule has 1 aromatic heterocycles. The SMILES string of the molecule is C[C@@H](OC1OCCN(Cc2n[nH]nc2CN(C)C)C1c1ccc(F)cc1)c1cccc(C(F)(F)F)c1. The van der Waals surface area contributed by atoms with E-state index >= 15 is 0 Å². The van der Waals surface area contributed by atoms with Gasteiger partial charge in [0.2, 0.25) is 0 Å². The van der Waals surface area contributed by atoms with E-state index in [-0.39, 0.29) is 5.82 Å². The van der Waals surface area contributed by atoms with Gasteiger partial charge in [0, 0.05) is 19.6 Å². The number of nitrogens with zero attached hydrogens (tertiary/aromatic N) is 4. The normalized spacial score (nSPS) is 20.1. The summed E-state index contributed by atoms with van der Waals surface area (Å²) >= 11 is 0. The van der Waals surface area contributed by atoms with Crippen LogP contribution in [0.25, 0.3) is 0 Å². The fourth-order valence-corrected chi connectivity index (χ4v) is 4.28. The molecule has 3 atom stereocenters. The van der Waals surface area contributed by atoms with Crippen LogP contribution in [0.3, 0.4) is 0 Å². The number of aromatic nitrogens is 3. The third-order valence-corrected chi connectivity index (χ3v) is 6.07. The van der Waals surface area contributed by atoms with Crippen LogP contribution in [0.1, 0.15) is 47.1 Å². The molecule has 36 heavy (non-hydrogen) atoms. The maximum Gasteiger partial charge on any atom is 0.416 e. The highest BCUT2D eigenvalue weighted by Crippen LogP contribution is 2.36. The lowest BCUT2D eigenvalue weighted by molar-refractivity contribution is -0.231. The minimum absolute atomic E-state index is 0.346. The molecule has 2 aromatic carbocycles. The molecule has 2 heterocycles. The summed E-state index contributed by atoms with van der Waals surface area (Å²) in [6, 6.07) is 10.7. The van der Waals surface area contributed by atoms with E-state index in [1.54, 1.807) is 25.1 Å². The average Bonchev–Trinajstić information content (AvgIpc) is 3.25. The summed E-state index contributed by atoms with van der Waals surface area (Å²) in [6.45, 7) is 3.62. The molecule has 194 valence electrons. The fourth-order valence-electron chi connectivity index (χ4n) is 4.28. The Labute approximate surface area is 207 Å². The Morgan fingerprint density at radius 3 is 2.56 bits per heavy atom. The molecule has 0 aliphatic carbocycles. The Balaban J connectivity index is 1.60. The van der Waals surface area contributed by atoms with Gasteiger partial charge in [-0.2, -0.15) is 28.6 Å². The second-order valence-electron chi connectivity index (χ2n) is 9.06. The van der Waals surface area contributed by atoms with E-state index in [0.29, 0.717) is 31.8 Å². The van der Waals surface area contributed by atoms with E-state index in [1.165, 1.54) is 18.2 Å². The quantitative estimate of drug-likeness (QED) is 0.446. The summed E-state index contributed by atoms with van der Waals surface area (Å²) in [4.78, 5) is 4.10. The predicted octanol–water partition coefficient (Wildman–Crippen LogP) is 4.70. The van der Waals surface area contributed by atoms with Crippen LogP contribution in [0.4, 0.5) is 17.6 Å². The molecule has 4 rings (SSSR count). The minimum Gasteiger partial charge on any atom is -0.349 e. The molecule has 11 heteroatoms. The number of nitrogens with one attached hydrogen (secondary N) is 1. The molecule has 1 N–H and O–H groups in total. The van der Waals surface area contributed by atoms with E-state index in [0.717, 1.165) is 29.1 Å². The average molecular weight is 508 g/mol. The van der Waals surface area contributed by atoms with Crippen LogP contribution in [0.15, 0.2) is 48.5 Å². The van der Waals surface area contributed by atoms with Gasteiger partial charge in [-0.25, -0.2) is 4.39 Å². The molecule has 0 radical (unpaired) electrons. The Morgan fingerprint density at radius 1 is 1.14 bits per heavy atom. The van der Waals surface area contributed by atoms with Crippen LogP contribution in [0.5, 0.6) is 0 Å². The molecule has 1 aliphatic rings. The highest BCUT2D eigenvalue weighted by Gasteiger charge is 2.37. The second kappa shape index (κ2) is 11.0. The van der Waals surface area contributed by atoms with Crippen molar-refractivity contribution in [1.29, 1.82) is 0 Å². The zero-order valence-corrected chi connectivity index (χ0v) is 20.3. The largest absolute Gasteiger partial charge is 0.416 e. The molecule has 1 aliphatic heterocycles. The van der Waals surface area contributed by atoms with Crippen molar-refractivity contribution in [3.8, 4) is 0 Å². The number of ether oxygens (including phenoxy) is 2. The number of halogens is 4. The Hall–Kier alpha value is -2.86. The van der Waals surface area contributed by atoms with Gasteiger partial charge in [0.25, 0.3) is 0 Å². The lowest BCUT2D eigenvalue weighted by Gasteiger charge is -2.41. The zero-order chi connectivity index (χ0) is 25.9. The van der Waals surface area contributed by atoms with Crippen molar-refractivity contribution in [1.82, 2.24) is 25.2 Å². The minimum atomic E-state index is -4.45. The monoisotopic (exact) mass is 507 g/mol. The van der Waals surface area contributed by atoms with Crippen LogP contribution >= 0.6 is 0 Å². The fraction of sp³-hybridized carbons (Fsp3) is 0.440. The standard InChI is InChI=1S/C25H29F4N5O2/c1-16(18-5-4-6-19(13-18)25(27,28)29)36-24-23(17-7-9-20(26)10-8-17)34(11-12-35-24)15-22-21(14-33(2)3)30-32-31-22/h4-10,13,16,23-24H,11-12,14-15H2,1-3H3,(H,30,31,32)/t16-,23?,24?/m1/s1. The number of aromatic amines is 1. The first-order valence-electron chi connectivity index (χ1n) is 11.6. The summed E-state index contributed by atoms with van der Waals surface area (Å²) in [7, 11) is 3.88. The van der Waals surface area contributed by atoms with Gasteiger partial charge < -0.3 is 14.4 Å². The number of hydrogen-bond donors (Lipinski definition) is 1. The van der Waals surface area contributed by atoms with Crippen molar-refractivity contribution in [2.75, 3.05) is 27.2 Å². The van der Waals surface area contributed by atoms with Crippen LogP contribution < -0.4 is 0 Å². The topological polar surface area (TPSA) is 66.5 Å². The van der Waals surface area contributed by atoms with Gasteiger partial charge in [-0.1, -0.05) is 24.3 Å². The summed E-state index contributed by atoms with van der Waals surface area (Å²) in [5.41, 5.74) is 1.97. The molecule has 7 nitrogen and oxygen atoms in total. The predicted molar refractivity (Wildman–Crippen MR) is 124 cm³/mol. The Kier molecular flexibility index (Phi) is 8.04. The van der Waals surface area contributed by atoms with E-state index < -0.39 is 30.2 Å². The van der Waals surface area contributed by atoms with Crippen molar-refractivity contribution in [3.63, 3.8) is 0 Å². The Bertz CT molecular complexity index is 1140. The molecule has 3 aromatic rings. The van der Waals surface area contributed by atoms with Gasteiger partial charge in [0.05, 0.1) is 24.3 Å². The summed E-state index contributed by atoms with van der Waals surface area (Å²) < 4.78 is 65.6. The molecule has 0 spiro atoms. The summed E-state index contributed by atoms with van der Waals surface area (Å²) in [5, 5.41) is 11.3. The van der Waals surface area contributed by atoms with E-state index in [1.807, 2.05) is 19.0 Å². The zero-order valence-electron chi connectivity index (χ0n) is 20.3. The van der Waals surface area contributed by atoms with Gasteiger partial charge >= 0.3 is 6.18 Å². The number of hydrogen-bond acceptors (Lipinski definition) is 6. The molecule has 0 amide bonds. The number of rotatable bonds is 8. The van der Waals surface area contributed by atoms with Gasteiger partial charge in [-0.05, 0) is 56.4 Å². The molecule has 1 fully saturated rings. The smallest absolute Gasteiger partial charge is 0.349 e. The molecule has 0 saturated carbocycles. The van der Waals surface area contributed by atoms with Gasteiger partial charge in [0.15, 0.2) is 6.29 Å². The van der Waals surface area contributed by atoms with E-state index in [9.17, 15) is 17.6 Å². The first-order valence-corrected chi connectivity index (χ1v) is 11.6. The highest BCUT2D eigenvalue weighted by atomic mass is 19.4. The number of alkyl halides is 3. The molecule has 2 unspecified atom stereocenters. The highest BCUT2D eigenvalue weighted by molar-refractivity contribution is 5.27. The van der Waals surface area contributed by atoms with Gasteiger partial charge in [0.1, 0.15) is 17.2 Å². The molecule has 1 saturated heterocycles. The van der Waals surface area contributed by atoms with Crippen LogP contribution in [-0.2, 0) is 28.7 Å². The first-order chi connectivity index (χ1) is 17.1. The second-order valence-corrected chi connectivity index (χ2v) is 9.06. The lowest BCUT2D eigenvalue weighted by Crippen LogP contribution is -2.46. The van der Waals surface area contributed by atoms with Crippen LogP contribution in [0, 0.1) is 5.82 Å². The van der Waals surface area contributed by atoms with Gasteiger partial charge in [-0.3, -0.25) is 4.90 Å². The van der Waals surface area contributed by atoms with Crippen LogP contribution in [-0.4, -0.2) is 58.7 Å². The third kappa shape index (κ3) is 6.28. The van der Waals surface area contributed by atoms with E-state index in [4.69, 9.17) is 9.47 Å². The molecule has 0 bridgehead atoms. The number of morpholine rings is 1. The number of benzene rings is 2. The van der Waals surface area contributed by atoms with Crippen molar-refractivity contribution in [3.05, 3.63) is 82.4 Å². The summed E-state index contributed by atoms with van der Waals surface area (Å²) in [6.07, 6.45) is -5.94. The maximum absolute atomic E-state index is 13.7. The van der Waals surface area contributed by atoms with Crippen molar-refractivity contribution in [2.24, 2.45) is 0 Å². The Morgan fingerprint density at radius 2 is 1.86 bits per heavy atom. The molecular weight excluding hydrogens is 478 g/mol. The first kappa shape index (κ1) is 26.2. The number of H-pyrrole nitrogens is 1. The van der Waals surface area contributed by atoms with Crippen molar-refractivity contribution < 1.29 is 27.0 Å². The van der Waals surface area contributed by atoms with E-state index in [2.05, 4.69) is 20.3 Å². The lowest BCUT2D eigenvalue weighted by atomic mass is 10.0. The molecular formula is C25H29F4N5O2.